The van der Waals surface area contributed by atoms with E-state index >= 15 is 0 Å². The Morgan fingerprint density at radius 3 is 2.62 bits per heavy atom. The SMILES string of the molecule is CCCCCC(C)(C)CNC1=CC(=O)CC1. The molecule has 0 bridgehead atoms. The third-order valence-corrected chi connectivity index (χ3v) is 3.23. The Kier molecular flexibility index (Phi) is 5.04. The zero-order valence-electron chi connectivity index (χ0n) is 10.9. The molecule has 1 rings (SSSR count). The van der Waals surface area contributed by atoms with Crippen LogP contribution in [0.25, 0.3) is 0 Å². The first kappa shape index (κ1) is 13.3. The second-order valence-corrected chi connectivity index (χ2v) is 5.61. The minimum absolute atomic E-state index is 0.270. The molecular weight excluding hydrogens is 198 g/mol. The predicted octanol–water partition coefficient (Wildman–Crippen LogP) is 3.43. The number of allylic oxidation sites excluding steroid dienone is 2. The first-order valence-electron chi connectivity index (χ1n) is 6.51. The van der Waals surface area contributed by atoms with Crippen molar-refractivity contribution in [3.8, 4) is 0 Å². The molecule has 2 nitrogen and oxygen atoms in total. The van der Waals surface area contributed by atoms with Crippen LogP contribution in [0.15, 0.2) is 11.8 Å². The van der Waals surface area contributed by atoms with Gasteiger partial charge in [-0.05, 0) is 18.3 Å². The van der Waals surface area contributed by atoms with E-state index in [1.54, 1.807) is 6.08 Å². The molecule has 92 valence electrons. The van der Waals surface area contributed by atoms with Gasteiger partial charge in [-0.1, -0.05) is 40.0 Å². The van der Waals surface area contributed by atoms with Crippen LogP contribution in [0.1, 0.15) is 59.3 Å². The lowest BCUT2D eigenvalue weighted by atomic mass is 9.87. The topological polar surface area (TPSA) is 29.1 Å². The summed E-state index contributed by atoms with van der Waals surface area (Å²) in [7, 11) is 0. The first-order chi connectivity index (χ1) is 7.53. The van der Waals surface area contributed by atoms with E-state index in [1.807, 2.05) is 0 Å². The summed E-state index contributed by atoms with van der Waals surface area (Å²) in [6.45, 7) is 7.82. The van der Waals surface area contributed by atoms with Gasteiger partial charge in [0.1, 0.15) is 0 Å². The van der Waals surface area contributed by atoms with Crippen LogP contribution >= 0.6 is 0 Å². The molecule has 0 amide bonds. The number of rotatable bonds is 7. The molecule has 0 radical (unpaired) electrons. The fraction of sp³-hybridized carbons (Fsp3) is 0.786. The maximum atomic E-state index is 11.1. The van der Waals surface area contributed by atoms with Crippen LogP contribution in [0.3, 0.4) is 0 Å². The van der Waals surface area contributed by atoms with Gasteiger partial charge in [-0.2, -0.15) is 0 Å². The van der Waals surface area contributed by atoms with Gasteiger partial charge in [0.15, 0.2) is 5.78 Å². The molecule has 0 atom stereocenters. The fourth-order valence-electron chi connectivity index (χ4n) is 2.03. The van der Waals surface area contributed by atoms with Crippen LogP contribution in [-0.4, -0.2) is 12.3 Å². The van der Waals surface area contributed by atoms with Gasteiger partial charge in [0.2, 0.25) is 0 Å². The molecule has 0 aromatic carbocycles. The van der Waals surface area contributed by atoms with Crippen LogP contribution in [-0.2, 0) is 4.79 Å². The zero-order chi connectivity index (χ0) is 12.0. The number of unbranched alkanes of at least 4 members (excludes halogenated alkanes) is 2. The van der Waals surface area contributed by atoms with Gasteiger partial charge in [-0.3, -0.25) is 4.79 Å². The molecule has 0 saturated heterocycles. The van der Waals surface area contributed by atoms with Crippen molar-refractivity contribution in [2.24, 2.45) is 5.41 Å². The summed E-state index contributed by atoms with van der Waals surface area (Å²) in [6.07, 6.45) is 8.54. The molecule has 0 aliphatic heterocycles. The summed E-state index contributed by atoms with van der Waals surface area (Å²) in [5.74, 6) is 0.270. The third kappa shape index (κ3) is 4.82. The first-order valence-corrected chi connectivity index (χ1v) is 6.51. The van der Waals surface area contributed by atoms with E-state index in [1.165, 1.54) is 25.7 Å². The maximum Gasteiger partial charge on any atom is 0.157 e. The number of ketones is 1. The molecular formula is C14H25NO. The van der Waals surface area contributed by atoms with Crippen molar-refractivity contribution in [3.63, 3.8) is 0 Å². The molecule has 0 fully saturated rings. The average molecular weight is 223 g/mol. The predicted molar refractivity (Wildman–Crippen MR) is 68.2 cm³/mol. The standard InChI is InChI=1S/C14H25NO/c1-4-5-6-9-14(2,3)11-15-12-7-8-13(16)10-12/h10,15H,4-9,11H2,1-3H3. The van der Waals surface area contributed by atoms with E-state index in [2.05, 4.69) is 26.1 Å². The molecule has 0 saturated carbocycles. The summed E-state index contributed by atoms with van der Waals surface area (Å²) in [5, 5.41) is 3.42. The third-order valence-electron chi connectivity index (χ3n) is 3.23. The number of carbonyl (C=O) groups is 1. The monoisotopic (exact) mass is 223 g/mol. The molecule has 0 aromatic heterocycles. The van der Waals surface area contributed by atoms with E-state index in [-0.39, 0.29) is 5.78 Å². The number of nitrogens with one attached hydrogen (secondary N) is 1. The highest BCUT2D eigenvalue weighted by Crippen LogP contribution is 2.24. The molecule has 1 aliphatic rings. The molecule has 0 aromatic rings. The van der Waals surface area contributed by atoms with E-state index in [4.69, 9.17) is 0 Å². The van der Waals surface area contributed by atoms with Crippen LogP contribution in [0.2, 0.25) is 0 Å². The lowest BCUT2D eigenvalue weighted by molar-refractivity contribution is -0.114. The Balaban J connectivity index is 2.24. The van der Waals surface area contributed by atoms with Crippen molar-refractivity contribution in [1.82, 2.24) is 5.32 Å². The average Bonchev–Trinajstić information content (AvgIpc) is 2.62. The van der Waals surface area contributed by atoms with E-state index in [0.29, 0.717) is 11.8 Å². The van der Waals surface area contributed by atoms with Gasteiger partial charge in [0, 0.05) is 24.7 Å². The van der Waals surface area contributed by atoms with Crippen molar-refractivity contribution in [3.05, 3.63) is 11.8 Å². The molecule has 0 unspecified atom stereocenters. The molecule has 1 N–H and O–H groups in total. The van der Waals surface area contributed by atoms with E-state index in [0.717, 1.165) is 18.7 Å². The fourth-order valence-corrected chi connectivity index (χ4v) is 2.03. The highest BCUT2D eigenvalue weighted by Gasteiger charge is 2.19. The van der Waals surface area contributed by atoms with Crippen LogP contribution in [0.5, 0.6) is 0 Å². The Morgan fingerprint density at radius 1 is 1.31 bits per heavy atom. The van der Waals surface area contributed by atoms with Gasteiger partial charge in [-0.25, -0.2) is 0 Å². The van der Waals surface area contributed by atoms with Gasteiger partial charge >= 0.3 is 0 Å². The van der Waals surface area contributed by atoms with Crippen molar-refractivity contribution >= 4 is 5.78 Å². The minimum atomic E-state index is 0.270. The Labute approximate surface area is 99.5 Å². The smallest absolute Gasteiger partial charge is 0.157 e. The van der Waals surface area contributed by atoms with Gasteiger partial charge in [0.05, 0.1) is 0 Å². The lowest BCUT2D eigenvalue weighted by Crippen LogP contribution is -2.28. The lowest BCUT2D eigenvalue weighted by Gasteiger charge is -2.25. The second-order valence-electron chi connectivity index (χ2n) is 5.61. The highest BCUT2D eigenvalue weighted by atomic mass is 16.1. The Bertz CT molecular complexity index is 266. The molecule has 16 heavy (non-hydrogen) atoms. The van der Waals surface area contributed by atoms with Gasteiger partial charge in [0.25, 0.3) is 0 Å². The summed E-state index contributed by atoms with van der Waals surface area (Å²) >= 11 is 0. The molecule has 0 spiro atoms. The summed E-state index contributed by atoms with van der Waals surface area (Å²) in [5.41, 5.74) is 1.47. The van der Waals surface area contributed by atoms with Crippen molar-refractivity contribution in [2.45, 2.75) is 59.3 Å². The van der Waals surface area contributed by atoms with Crippen molar-refractivity contribution in [1.29, 1.82) is 0 Å². The van der Waals surface area contributed by atoms with E-state index < -0.39 is 0 Å². The Hall–Kier alpha value is -0.790. The van der Waals surface area contributed by atoms with Crippen LogP contribution < -0.4 is 5.32 Å². The number of hydrogen-bond donors (Lipinski definition) is 1. The molecule has 2 heteroatoms. The van der Waals surface area contributed by atoms with Crippen LogP contribution in [0.4, 0.5) is 0 Å². The van der Waals surface area contributed by atoms with Gasteiger partial charge < -0.3 is 5.32 Å². The minimum Gasteiger partial charge on any atom is -0.388 e. The van der Waals surface area contributed by atoms with E-state index in [9.17, 15) is 4.79 Å². The van der Waals surface area contributed by atoms with Crippen molar-refractivity contribution < 1.29 is 4.79 Å². The summed E-state index contributed by atoms with van der Waals surface area (Å²) in [4.78, 5) is 11.1. The summed E-state index contributed by atoms with van der Waals surface area (Å²) in [6, 6.07) is 0. The number of hydrogen-bond acceptors (Lipinski definition) is 2. The highest BCUT2D eigenvalue weighted by molar-refractivity contribution is 5.92. The van der Waals surface area contributed by atoms with Gasteiger partial charge in [-0.15, -0.1) is 0 Å². The quantitative estimate of drug-likeness (QED) is 0.670. The normalized spacial score (nSPS) is 16.4. The zero-order valence-corrected chi connectivity index (χ0v) is 10.9. The second kappa shape index (κ2) is 6.07. The number of carbonyl (C=O) groups excluding carboxylic acids is 1. The molecule has 0 heterocycles. The van der Waals surface area contributed by atoms with Crippen molar-refractivity contribution in [2.75, 3.05) is 6.54 Å². The largest absolute Gasteiger partial charge is 0.388 e. The van der Waals surface area contributed by atoms with Crippen LogP contribution in [0, 0.1) is 5.41 Å². The Morgan fingerprint density at radius 2 is 2.06 bits per heavy atom. The summed E-state index contributed by atoms with van der Waals surface area (Å²) < 4.78 is 0. The maximum absolute atomic E-state index is 11.1. The molecule has 1 aliphatic carbocycles.